The normalized spacial score (nSPS) is 27.5. The molecule has 0 N–H and O–H groups in total. The molecule has 0 aromatic heterocycles. The van der Waals surface area contributed by atoms with Crippen molar-refractivity contribution in [3.05, 3.63) is 64.7 Å². The van der Waals surface area contributed by atoms with E-state index < -0.39 is 0 Å². The minimum absolute atomic E-state index is 0.00259. The molecule has 1 unspecified atom stereocenters. The summed E-state index contributed by atoms with van der Waals surface area (Å²) in [4.78, 5) is 39.5. The van der Waals surface area contributed by atoms with Crippen molar-refractivity contribution in [2.45, 2.75) is 45.6 Å². The predicted octanol–water partition coefficient (Wildman–Crippen LogP) is 4.49. The molecule has 5 rings (SSSR count). The second-order valence-electron chi connectivity index (χ2n) is 9.47. The number of ketones is 2. The van der Waals surface area contributed by atoms with Gasteiger partial charge in [-0.2, -0.15) is 0 Å². The van der Waals surface area contributed by atoms with Crippen LogP contribution in [-0.2, 0) is 4.79 Å². The third-order valence-corrected chi connectivity index (χ3v) is 7.57. The monoisotopic (exact) mass is 431 g/mol. The third-order valence-electron chi connectivity index (χ3n) is 7.57. The largest absolute Gasteiger partial charge is 0.489 e. The number of hydrogen-bond acceptors (Lipinski definition) is 4. The Balaban J connectivity index is 1.44. The Labute approximate surface area is 188 Å². The van der Waals surface area contributed by atoms with Gasteiger partial charge >= 0.3 is 0 Å². The number of carbonyl (C=O) groups is 3. The lowest BCUT2D eigenvalue weighted by molar-refractivity contribution is -0.128. The van der Waals surface area contributed by atoms with E-state index in [-0.39, 0.29) is 29.5 Å². The summed E-state index contributed by atoms with van der Waals surface area (Å²) in [6, 6.07) is 13.8. The molecular formula is C27H29NO4. The Kier molecular flexibility index (Phi) is 5.15. The van der Waals surface area contributed by atoms with Crippen molar-refractivity contribution in [1.82, 2.24) is 4.90 Å². The van der Waals surface area contributed by atoms with Crippen LogP contribution in [0.2, 0.25) is 0 Å². The fraction of sp³-hybridized carbons (Fsp3) is 0.444. The molecule has 1 saturated heterocycles. The van der Waals surface area contributed by atoms with Crippen molar-refractivity contribution in [2.75, 3.05) is 13.1 Å². The Morgan fingerprint density at radius 1 is 1.03 bits per heavy atom. The zero-order valence-corrected chi connectivity index (χ0v) is 18.8. The molecule has 2 aliphatic heterocycles. The molecule has 32 heavy (non-hydrogen) atoms. The van der Waals surface area contributed by atoms with Gasteiger partial charge in [0.1, 0.15) is 11.9 Å². The van der Waals surface area contributed by atoms with E-state index in [1.807, 2.05) is 43.0 Å². The maximum atomic E-state index is 13.3. The first-order valence-corrected chi connectivity index (χ1v) is 11.6. The van der Waals surface area contributed by atoms with Crippen molar-refractivity contribution < 1.29 is 19.1 Å². The van der Waals surface area contributed by atoms with Gasteiger partial charge in [0.15, 0.2) is 11.6 Å². The van der Waals surface area contributed by atoms with Gasteiger partial charge in [0.05, 0.1) is 5.56 Å². The summed E-state index contributed by atoms with van der Waals surface area (Å²) in [5, 5.41) is 0. The van der Waals surface area contributed by atoms with E-state index in [1.54, 1.807) is 13.0 Å². The van der Waals surface area contributed by atoms with E-state index >= 15 is 0 Å². The average molecular weight is 432 g/mol. The van der Waals surface area contributed by atoms with E-state index in [0.29, 0.717) is 47.5 Å². The van der Waals surface area contributed by atoms with E-state index in [1.165, 1.54) is 0 Å². The molecule has 2 fully saturated rings. The number of fused-ring (bicyclic) bond motifs is 2. The lowest BCUT2D eigenvalue weighted by Gasteiger charge is -2.17. The molecule has 0 spiro atoms. The van der Waals surface area contributed by atoms with E-state index in [9.17, 15) is 14.4 Å². The summed E-state index contributed by atoms with van der Waals surface area (Å²) in [6.07, 6.45) is 0.735. The number of Topliss-reactive ketones (excluding diaryl/α,β-unsaturated/α-hetero) is 2. The quantitative estimate of drug-likeness (QED) is 0.632. The van der Waals surface area contributed by atoms with Gasteiger partial charge in [-0.15, -0.1) is 0 Å². The van der Waals surface area contributed by atoms with E-state index in [0.717, 1.165) is 24.2 Å². The van der Waals surface area contributed by atoms with Crippen LogP contribution in [0.4, 0.5) is 0 Å². The lowest BCUT2D eigenvalue weighted by Crippen LogP contribution is -2.29. The summed E-state index contributed by atoms with van der Waals surface area (Å²) in [5.74, 6) is 2.04. The van der Waals surface area contributed by atoms with Crippen LogP contribution in [0.25, 0.3) is 0 Å². The molecule has 166 valence electrons. The van der Waals surface area contributed by atoms with Crippen LogP contribution >= 0.6 is 0 Å². The van der Waals surface area contributed by atoms with Crippen LogP contribution in [0.3, 0.4) is 0 Å². The van der Waals surface area contributed by atoms with Crippen molar-refractivity contribution in [3.63, 3.8) is 0 Å². The topological polar surface area (TPSA) is 63.7 Å². The van der Waals surface area contributed by atoms with Crippen LogP contribution in [0.5, 0.6) is 5.75 Å². The molecule has 1 amide bonds. The number of rotatable bonds is 6. The minimum Gasteiger partial charge on any atom is -0.489 e. The number of amides is 1. The second kappa shape index (κ2) is 7.88. The molecule has 1 saturated carbocycles. The first-order chi connectivity index (χ1) is 15.4. The summed E-state index contributed by atoms with van der Waals surface area (Å²) in [5.41, 5.74) is 3.19. The number of benzene rings is 2. The molecule has 5 heteroatoms. The van der Waals surface area contributed by atoms with Crippen LogP contribution in [0.1, 0.15) is 71.4 Å². The van der Waals surface area contributed by atoms with Crippen LogP contribution in [0.15, 0.2) is 42.5 Å². The number of ether oxygens (including phenoxy) is 1. The van der Waals surface area contributed by atoms with Crippen molar-refractivity contribution >= 4 is 17.5 Å². The lowest BCUT2D eigenvalue weighted by atomic mass is 9.85. The molecule has 0 radical (unpaired) electrons. The average Bonchev–Trinajstić information content (AvgIpc) is 3.12. The Morgan fingerprint density at radius 3 is 2.34 bits per heavy atom. The number of hydrogen-bond donors (Lipinski definition) is 0. The first-order valence-electron chi connectivity index (χ1n) is 11.6. The highest BCUT2D eigenvalue weighted by atomic mass is 16.5. The molecule has 0 bridgehead atoms. The minimum atomic E-state index is -0.110. The fourth-order valence-electron chi connectivity index (χ4n) is 5.73. The van der Waals surface area contributed by atoms with Crippen LogP contribution in [-0.4, -0.2) is 41.6 Å². The maximum Gasteiger partial charge on any atom is 0.219 e. The number of piperidine rings is 1. The van der Waals surface area contributed by atoms with Crippen molar-refractivity contribution in [1.29, 1.82) is 0 Å². The highest BCUT2D eigenvalue weighted by Crippen LogP contribution is 2.54. The summed E-state index contributed by atoms with van der Waals surface area (Å²) >= 11 is 0. The van der Waals surface area contributed by atoms with E-state index in [2.05, 4.69) is 12.1 Å². The molecule has 2 aromatic carbocycles. The molecule has 2 heterocycles. The fourth-order valence-corrected chi connectivity index (χ4v) is 5.73. The molecule has 5 nitrogen and oxygen atoms in total. The number of carbonyl (C=O) groups excluding carboxylic acids is 3. The second-order valence-corrected chi connectivity index (χ2v) is 9.47. The van der Waals surface area contributed by atoms with Gasteiger partial charge in [-0.25, -0.2) is 0 Å². The molecule has 1 aliphatic carbocycles. The standard InChI is InChI=1S/C27H29NO4/c1-4-24(30)20-10-18(25(31)12-19-22-13-28(16(3)29)14-23(19)22)11-21-26(15(2)32-27(20)21)17-8-6-5-7-9-17/h5-11,15,19,22-23,26H,4,12-14H2,1-3H3/t15-,19?,22-,23+,26+/m1/s1. The smallest absolute Gasteiger partial charge is 0.219 e. The number of likely N-dealkylation sites (tertiary alicyclic amines) is 1. The summed E-state index contributed by atoms with van der Waals surface area (Å²) in [6.45, 7) is 6.99. The first kappa shape index (κ1) is 20.9. The number of nitrogens with zero attached hydrogens (tertiary/aromatic N) is 1. The highest BCUT2D eigenvalue weighted by molar-refractivity contribution is 6.04. The van der Waals surface area contributed by atoms with Crippen LogP contribution < -0.4 is 4.74 Å². The highest BCUT2D eigenvalue weighted by Gasteiger charge is 2.56. The van der Waals surface area contributed by atoms with Gasteiger partial charge < -0.3 is 9.64 Å². The zero-order chi connectivity index (χ0) is 22.6. The Morgan fingerprint density at radius 2 is 1.72 bits per heavy atom. The van der Waals surface area contributed by atoms with Crippen LogP contribution in [0, 0.1) is 17.8 Å². The van der Waals surface area contributed by atoms with Gasteiger partial charge in [0.2, 0.25) is 5.91 Å². The van der Waals surface area contributed by atoms with Gasteiger partial charge in [-0.1, -0.05) is 37.3 Å². The van der Waals surface area contributed by atoms with E-state index in [4.69, 9.17) is 4.74 Å². The molecule has 3 aliphatic rings. The van der Waals surface area contributed by atoms with Gasteiger partial charge in [0, 0.05) is 49.9 Å². The molecule has 2 aromatic rings. The van der Waals surface area contributed by atoms with Gasteiger partial charge in [0.25, 0.3) is 0 Å². The molecular weight excluding hydrogens is 402 g/mol. The maximum absolute atomic E-state index is 13.3. The van der Waals surface area contributed by atoms with Crippen molar-refractivity contribution in [3.8, 4) is 5.75 Å². The Hall–Kier alpha value is -2.95. The summed E-state index contributed by atoms with van der Waals surface area (Å²) < 4.78 is 6.18. The predicted molar refractivity (Wildman–Crippen MR) is 121 cm³/mol. The third kappa shape index (κ3) is 3.44. The summed E-state index contributed by atoms with van der Waals surface area (Å²) in [7, 11) is 0. The zero-order valence-electron chi connectivity index (χ0n) is 18.8. The Bertz CT molecular complexity index is 1080. The van der Waals surface area contributed by atoms with Crippen molar-refractivity contribution in [2.24, 2.45) is 17.8 Å². The van der Waals surface area contributed by atoms with Gasteiger partial charge in [-0.05, 0) is 42.4 Å². The van der Waals surface area contributed by atoms with Gasteiger partial charge in [-0.3, -0.25) is 14.4 Å². The molecule has 5 atom stereocenters. The SMILES string of the molecule is CCC(=O)c1cc(C(=O)CC2[C@H]3CN(C(C)=O)C[C@@H]23)cc2c1O[C@H](C)[C@H]2c1ccccc1.